The second-order valence-corrected chi connectivity index (χ2v) is 15.5. The number of furan rings is 1. The first-order chi connectivity index (χ1) is 28.9. The molecule has 4 heteroatoms. The molecule has 0 fully saturated rings. The fourth-order valence-corrected chi connectivity index (χ4v) is 8.98. The SMILES string of the molecule is C=C/C=C1\C(=C/C)c2cccc(-c3ccc4oc5cccc(-c6nc(-c7cccc(-c8ccccc8)c7)nc(-c7ccccc7-c7ccccc7)n6)c5c4c3)c2C1(C)C. The van der Waals surface area contributed by atoms with E-state index < -0.39 is 0 Å². The van der Waals surface area contributed by atoms with E-state index in [0.29, 0.717) is 17.5 Å². The van der Waals surface area contributed by atoms with Gasteiger partial charge in [0.25, 0.3) is 0 Å². The number of allylic oxidation sites excluding steroid dienone is 5. The molecule has 10 rings (SSSR count). The van der Waals surface area contributed by atoms with E-state index in [4.69, 9.17) is 19.4 Å². The average molecular weight is 760 g/mol. The van der Waals surface area contributed by atoms with Crippen molar-refractivity contribution in [3.8, 4) is 67.5 Å². The number of nitrogens with zero attached hydrogens (tertiary/aromatic N) is 3. The lowest BCUT2D eigenvalue weighted by Gasteiger charge is -2.24. The van der Waals surface area contributed by atoms with Gasteiger partial charge in [-0.25, -0.2) is 15.0 Å². The number of aromatic nitrogens is 3. The second kappa shape index (κ2) is 14.5. The molecule has 1 aliphatic carbocycles. The number of fused-ring (bicyclic) bond motifs is 4. The van der Waals surface area contributed by atoms with Crippen LogP contribution in [0.1, 0.15) is 31.9 Å². The van der Waals surface area contributed by atoms with Crippen LogP contribution in [0.4, 0.5) is 0 Å². The Balaban J connectivity index is 1.20. The predicted molar refractivity (Wildman–Crippen MR) is 245 cm³/mol. The minimum atomic E-state index is -0.216. The third kappa shape index (κ3) is 6.12. The highest BCUT2D eigenvalue weighted by Crippen LogP contribution is 2.53. The van der Waals surface area contributed by atoms with Crippen LogP contribution in [0.25, 0.3) is 95.1 Å². The van der Waals surface area contributed by atoms with E-state index in [2.05, 4.69) is 173 Å². The van der Waals surface area contributed by atoms with Crippen LogP contribution in [0.5, 0.6) is 0 Å². The molecule has 9 aromatic rings. The first-order valence-corrected chi connectivity index (χ1v) is 20.1. The molecule has 2 heterocycles. The van der Waals surface area contributed by atoms with Crippen LogP contribution < -0.4 is 0 Å². The third-order valence-electron chi connectivity index (χ3n) is 11.7. The van der Waals surface area contributed by atoms with Gasteiger partial charge in [0, 0.05) is 32.9 Å². The van der Waals surface area contributed by atoms with Gasteiger partial charge in [-0.3, -0.25) is 0 Å². The molecule has 0 aliphatic heterocycles. The third-order valence-corrected chi connectivity index (χ3v) is 11.7. The zero-order chi connectivity index (χ0) is 40.1. The number of benzene rings is 7. The van der Waals surface area contributed by atoms with Crippen molar-refractivity contribution in [2.24, 2.45) is 0 Å². The minimum absolute atomic E-state index is 0.216. The highest BCUT2D eigenvalue weighted by atomic mass is 16.3. The van der Waals surface area contributed by atoms with Gasteiger partial charge >= 0.3 is 0 Å². The predicted octanol–water partition coefficient (Wildman–Crippen LogP) is 14.6. The standard InChI is InChI=1S/C55H41N3O/c1-5-18-47-40(6-2)43-28-16-27-42(51(43)55(47,3)4)38-31-32-48-46(34-38)50-45(29-17-30-49(50)59-48)54-57-52(39-24-15-23-37(33-39)35-19-9-7-10-20-35)56-53(58-54)44-26-14-13-25-41(44)36-21-11-8-12-22-36/h5-34H,1H2,2-4H3/b40-6-,47-18+. The van der Waals surface area contributed by atoms with Gasteiger partial charge in [0.05, 0.1) is 0 Å². The molecular formula is C55H41N3O. The lowest BCUT2D eigenvalue weighted by atomic mass is 9.78. The Bertz CT molecular complexity index is 3150. The second-order valence-electron chi connectivity index (χ2n) is 15.5. The van der Waals surface area contributed by atoms with Gasteiger partial charge in [0.15, 0.2) is 17.5 Å². The fourth-order valence-electron chi connectivity index (χ4n) is 8.98. The van der Waals surface area contributed by atoms with E-state index in [1.807, 2.05) is 36.4 Å². The van der Waals surface area contributed by atoms with Gasteiger partial charge in [-0.05, 0) is 86.8 Å². The van der Waals surface area contributed by atoms with Gasteiger partial charge < -0.3 is 4.42 Å². The van der Waals surface area contributed by atoms with Crippen molar-refractivity contribution < 1.29 is 4.42 Å². The van der Waals surface area contributed by atoms with Crippen molar-refractivity contribution in [2.45, 2.75) is 26.2 Å². The maximum absolute atomic E-state index is 6.59. The van der Waals surface area contributed by atoms with Gasteiger partial charge in [-0.1, -0.05) is 178 Å². The zero-order valence-corrected chi connectivity index (χ0v) is 33.3. The monoisotopic (exact) mass is 759 g/mol. The molecule has 0 saturated carbocycles. The fraction of sp³-hybridized carbons (Fsp3) is 0.0727. The average Bonchev–Trinajstić information content (AvgIpc) is 3.77. The Morgan fingerprint density at radius 3 is 1.85 bits per heavy atom. The summed E-state index contributed by atoms with van der Waals surface area (Å²) >= 11 is 0. The van der Waals surface area contributed by atoms with Crippen molar-refractivity contribution in [2.75, 3.05) is 0 Å². The molecule has 0 amide bonds. The van der Waals surface area contributed by atoms with Crippen LogP contribution in [0.2, 0.25) is 0 Å². The van der Waals surface area contributed by atoms with Crippen LogP contribution >= 0.6 is 0 Å². The molecule has 0 atom stereocenters. The summed E-state index contributed by atoms with van der Waals surface area (Å²) in [6, 6.07) is 57.0. The number of hydrogen-bond donors (Lipinski definition) is 0. The van der Waals surface area contributed by atoms with E-state index in [1.54, 1.807) is 0 Å². The first kappa shape index (κ1) is 35.9. The van der Waals surface area contributed by atoms with Crippen molar-refractivity contribution in [3.05, 3.63) is 205 Å². The summed E-state index contributed by atoms with van der Waals surface area (Å²) in [6.45, 7) is 10.8. The highest BCUT2D eigenvalue weighted by molar-refractivity contribution is 6.13. The summed E-state index contributed by atoms with van der Waals surface area (Å²) in [5, 5.41) is 1.98. The van der Waals surface area contributed by atoms with E-state index in [9.17, 15) is 0 Å². The summed E-state index contributed by atoms with van der Waals surface area (Å²) in [5.74, 6) is 1.78. The molecule has 4 nitrogen and oxygen atoms in total. The van der Waals surface area contributed by atoms with E-state index in [-0.39, 0.29) is 5.41 Å². The van der Waals surface area contributed by atoms with Gasteiger partial charge in [0.2, 0.25) is 0 Å². The molecule has 59 heavy (non-hydrogen) atoms. The van der Waals surface area contributed by atoms with Crippen LogP contribution in [-0.2, 0) is 5.41 Å². The Morgan fingerprint density at radius 2 is 1.08 bits per heavy atom. The Kier molecular flexibility index (Phi) is 8.83. The minimum Gasteiger partial charge on any atom is -0.456 e. The Morgan fingerprint density at radius 1 is 0.492 bits per heavy atom. The van der Waals surface area contributed by atoms with E-state index >= 15 is 0 Å². The largest absolute Gasteiger partial charge is 0.456 e. The highest BCUT2D eigenvalue weighted by Gasteiger charge is 2.39. The molecule has 282 valence electrons. The summed E-state index contributed by atoms with van der Waals surface area (Å²) in [6.07, 6.45) is 6.28. The van der Waals surface area contributed by atoms with Crippen LogP contribution in [0.15, 0.2) is 199 Å². The zero-order valence-electron chi connectivity index (χ0n) is 33.3. The molecule has 0 bridgehead atoms. The molecule has 0 unspecified atom stereocenters. The molecule has 7 aromatic carbocycles. The van der Waals surface area contributed by atoms with Gasteiger partial charge in [-0.2, -0.15) is 0 Å². The van der Waals surface area contributed by atoms with Crippen LogP contribution in [0, 0.1) is 0 Å². The van der Waals surface area contributed by atoms with Crippen molar-refractivity contribution in [1.82, 2.24) is 15.0 Å². The molecule has 1 aliphatic rings. The maximum Gasteiger partial charge on any atom is 0.164 e. The van der Waals surface area contributed by atoms with Crippen LogP contribution in [0.3, 0.4) is 0 Å². The molecule has 2 aromatic heterocycles. The quantitative estimate of drug-likeness (QED) is 0.162. The Labute approximate surface area is 344 Å². The van der Waals surface area contributed by atoms with E-state index in [1.165, 1.54) is 27.8 Å². The van der Waals surface area contributed by atoms with Gasteiger partial charge in [-0.15, -0.1) is 0 Å². The number of hydrogen-bond acceptors (Lipinski definition) is 4. The first-order valence-electron chi connectivity index (χ1n) is 20.1. The van der Waals surface area contributed by atoms with Crippen LogP contribution in [-0.4, -0.2) is 15.0 Å². The molecule has 0 radical (unpaired) electrons. The maximum atomic E-state index is 6.59. The van der Waals surface area contributed by atoms with Crippen molar-refractivity contribution >= 4 is 27.5 Å². The van der Waals surface area contributed by atoms with Crippen molar-refractivity contribution in [1.29, 1.82) is 0 Å². The normalized spacial score (nSPS) is 14.6. The molecular weight excluding hydrogens is 719 g/mol. The summed E-state index contributed by atoms with van der Waals surface area (Å²) < 4.78 is 6.59. The molecule has 0 saturated heterocycles. The van der Waals surface area contributed by atoms with E-state index in [0.717, 1.165) is 66.4 Å². The summed E-state index contributed by atoms with van der Waals surface area (Å²) in [5.41, 5.74) is 15.9. The summed E-state index contributed by atoms with van der Waals surface area (Å²) in [7, 11) is 0. The topological polar surface area (TPSA) is 51.8 Å². The lowest BCUT2D eigenvalue weighted by Crippen LogP contribution is -2.16. The number of rotatable bonds is 7. The van der Waals surface area contributed by atoms with Crippen molar-refractivity contribution in [3.63, 3.8) is 0 Å². The lowest BCUT2D eigenvalue weighted by molar-refractivity contribution is 0.662. The smallest absolute Gasteiger partial charge is 0.164 e. The Hall–Kier alpha value is -7.43. The molecule has 0 N–H and O–H groups in total. The molecule has 0 spiro atoms. The van der Waals surface area contributed by atoms with Gasteiger partial charge in [0.1, 0.15) is 11.2 Å². The summed E-state index contributed by atoms with van der Waals surface area (Å²) in [4.78, 5) is 15.8.